The van der Waals surface area contributed by atoms with Gasteiger partial charge in [-0.2, -0.15) is 0 Å². The Balaban J connectivity index is 1.73. The number of nitrogens with zero attached hydrogens (tertiary/aromatic N) is 2. The third-order valence-corrected chi connectivity index (χ3v) is 4.10. The Morgan fingerprint density at radius 1 is 1.25 bits per heavy atom. The quantitative estimate of drug-likeness (QED) is 0.820. The molecule has 1 fully saturated rings. The molecule has 0 atom stereocenters. The molecule has 24 heavy (non-hydrogen) atoms. The minimum atomic E-state index is -0.305. The van der Waals surface area contributed by atoms with Crippen LogP contribution in [0.3, 0.4) is 0 Å². The van der Waals surface area contributed by atoms with Crippen LogP contribution in [0.4, 0.5) is 11.4 Å². The molecule has 6 nitrogen and oxygen atoms in total. The summed E-state index contributed by atoms with van der Waals surface area (Å²) in [5.41, 5.74) is 1.72. The third-order valence-electron chi connectivity index (χ3n) is 3.57. The van der Waals surface area contributed by atoms with Crippen LogP contribution >= 0.6 is 23.2 Å². The van der Waals surface area contributed by atoms with Crippen LogP contribution in [0, 0.1) is 0 Å². The van der Waals surface area contributed by atoms with E-state index in [2.05, 4.69) is 15.6 Å². The Hall–Kier alpha value is -2.31. The highest BCUT2D eigenvalue weighted by atomic mass is 35.5. The second-order valence-corrected chi connectivity index (χ2v) is 6.06. The largest absolute Gasteiger partial charge is 0.359 e. The van der Waals surface area contributed by atoms with Gasteiger partial charge in [0.15, 0.2) is 0 Å². The number of anilines is 2. The van der Waals surface area contributed by atoms with Crippen LogP contribution in [-0.2, 0) is 4.79 Å². The lowest BCUT2D eigenvalue weighted by Gasteiger charge is -2.29. The van der Waals surface area contributed by atoms with Gasteiger partial charge in [0.2, 0.25) is 5.91 Å². The number of benzene rings is 1. The smallest absolute Gasteiger partial charge is 0.257 e. The summed E-state index contributed by atoms with van der Waals surface area (Å²) < 4.78 is 0. The van der Waals surface area contributed by atoms with Crippen LogP contribution in [0.1, 0.15) is 10.4 Å². The van der Waals surface area contributed by atoms with Crippen LogP contribution < -0.4 is 15.5 Å². The second-order valence-electron chi connectivity index (χ2n) is 5.26. The highest BCUT2D eigenvalue weighted by Crippen LogP contribution is 2.29. The molecule has 1 saturated heterocycles. The summed E-state index contributed by atoms with van der Waals surface area (Å²) >= 11 is 12.0. The lowest BCUT2D eigenvalue weighted by atomic mass is 10.2. The van der Waals surface area contributed by atoms with Crippen molar-refractivity contribution in [2.24, 2.45) is 0 Å². The number of pyridine rings is 1. The molecule has 124 valence electrons. The first-order valence-corrected chi connectivity index (χ1v) is 8.02. The number of rotatable bonds is 3. The van der Waals surface area contributed by atoms with Crippen molar-refractivity contribution < 1.29 is 9.59 Å². The van der Waals surface area contributed by atoms with Crippen molar-refractivity contribution in [2.75, 3.05) is 29.9 Å². The van der Waals surface area contributed by atoms with Crippen LogP contribution in [0.15, 0.2) is 36.5 Å². The topological polar surface area (TPSA) is 74.3 Å². The molecular formula is C16H14Cl2N4O2. The van der Waals surface area contributed by atoms with Gasteiger partial charge in [0, 0.05) is 25.0 Å². The van der Waals surface area contributed by atoms with Crippen molar-refractivity contribution in [3.05, 3.63) is 52.3 Å². The van der Waals surface area contributed by atoms with Crippen molar-refractivity contribution in [1.82, 2.24) is 10.3 Å². The standard InChI is InChI=1S/C16H14Cl2N4O2/c17-12-7-11(21-16(24)10-1-4-14(18)20-8-10)2-3-13(12)22-6-5-19-15(23)9-22/h1-4,7-8H,5-6,9H2,(H,19,23)(H,21,24). The zero-order valence-electron chi connectivity index (χ0n) is 12.6. The molecule has 3 rings (SSSR count). The molecular weight excluding hydrogens is 351 g/mol. The van der Waals surface area contributed by atoms with E-state index in [1.165, 1.54) is 6.20 Å². The maximum absolute atomic E-state index is 12.2. The van der Waals surface area contributed by atoms with Crippen molar-refractivity contribution in [3.63, 3.8) is 0 Å². The van der Waals surface area contributed by atoms with E-state index in [0.717, 1.165) is 5.69 Å². The molecule has 1 aromatic carbocycles. The number of hydrogen-bond acceptors (Lipinski definition) is 4. The maximum atomic E-state index is 12.2. The summed E-state index contributed by atoms with van der Waals surface area (Å²) in [6.45, 7) is 1.53. The Labute approximate surface area is 148 Å². The van der Waals surface area contributed by atoms with Gasteiger partial charge in [0.1, 0.15) is 5.15 Å². The normalized spacial score (nSPS) is 14.2. The van der Waals surface area contributed by atoms with Gasteiger partial charge in [-0.1, -0.05) is 23.2 Å². The average molecular weight is 365 g/mol. The van der Waals surface area contributed by atoms with Crippen molar-refractivity contribution in [2.45, 2.75) is 0 Å². The number of aromatic nitrogens is 1. The van der Waals surface area contributed by atoms with Gasteiger partial charge in [0.05, 0.1) is 22.8 Å². The number of hydrogen-bond donors (Lipinski definition) is 2. The van der Waals surface area contributed by atoms with E-state index in [1.54, 1.807) is 30.3 Å². The maximum Gasteiger partial charge on any atom is 0.257 e. The molecule has 2 amide bonds. The van der Waals surface area contributed by atoms with E-state index in [4.69, 9.17) is 23.2 Å². The molecule has 0 aliphatic carbocycles. The van der Waals surface area contributed by atoms with E-state index in [1.807, 2.05) is 4.90 Å². The number of carbonyl (C=O) groups excluding carboxylic acids is 2. The fourth-order valence-electron chi connectivity index (χ4n) is 2.40. The molecule has 2 heterocycles. The van der Waals surface area contributed by atoms with Gasteiger partial charge < -0.3 is 15.5 Å². The first-order chi connectivity index (χ1) is 11.5. The molecule has 0 spiro atoms. The summed E-state index contributed by atoms with van der Waals surface area (Å²) in [5, 5.41) is 6.31. The Bertz CT molecular complexity index is 780. The molecule has 2 N–H and O–H groups in total. The zero-order valence-corrected chi connectivity index (χ0v) is 14.1. The Morgan fingerprint density at radius 2 is 2.08 bits per heavy atom. The van der Waals surface area contributed by atoms with E-state index in [0.29, 0.717) is 34.5 Å². The van der Waals surface area contributed by atoms with Crippen LogP contribution in [0.25, 0.3) is 0 Å². The van der Waals surface area contributed by atoms with Gasteiger partial charge in [-0.25, -0.2) is 4.98 Å². The summed E-state index contributed by atoms with van der Waals surface area (Å²) in [4.78, 5) is 29.4. The molecule has 0 unspecified atom stereocenters. The van der Waals surface area contributed by atoms with Gasteiger partial charge >= 0.3 is 0 Å². The van der Waals surface area contributed by atoms with Crippen molar-refractivity contribution in [3.8, 4) is 0 Å². The molecule has 1 aliphatic heterocycles. The van der Waals surface area contributed by atoms with Crippen LogP contribution in [0.2, 0.25) is 10.2 Å². The summed E-state index contributed by atoms with van der Waals surface area (Å²) in [6, 6.07) is 8.33. The Kier molecular flexibility index (Phi) is 4.87. The summed E-state index contributed by atoms with van der Waals surface area (Å²) in [5.74, 6) is -0.342. The number of carbonyl (C=O) groups is 2. The molecule has 8 heteroatoms. The predicted molar refractivity (Wildman–Crippen MR) is 93.9 cm³/mol. The molecule has 2 aromatic rings. The molecule has 0 saturated carbocycles. The van der Waals surface area contributed by atoms with E-state index >= 15 is 0 Å². The molecule has 0 radical (unpaired) electrons. The SMILES string of the molecule is O=C1CN(c2ccc(NC(=O)c3ccc(Cl)nc3)cc2Cl)CCN1. The van der Waals surface area contributed by atoms with E-state index < -0.39 is 0 Å². The first kappa shape index (κ1) is 16.5. The van der Waals surface area contributed by atoms with Crippen LogP contribution in [-0.4, -0.2) is 36.4 Å². The van der Waals surface area contributed by atoms with Crippen LogP contribution in [0.5, 0.6) is 0 Å². The van der Waals surface area contributed by atoms with E-state index in [9.17, 15) is 9.59 Å². The minimum Gasteiger partial charge on any atom is -0.359 e. The summed E-state index contributed by atoms with van der Waals surface area (Å²) in [7, 11) is 0. The van der Waals surface area contributed by atoms with Gasteiger partial charge in [-0.15, -0.1) is 0 Å². The third kappa shape index (κ3) is 3.77. The second kappa shape index (κ2) is 7.07. The first-order valence-electron chi connectivity index (χ1n) is 7.27. The van der Waals surface area contributed by atoms with Crippen molar-refractivity contribution in [1.29, 1.82) is 0 Å². The van der Waals surface area contributed by atoms with Gasteiger partial charge in [0.25, 0.3) is 5.91 Å². The lowest BCUT2D eigenvalue weighted by molar-refractivity contribution is -0.120. The zero-order chi connectivity index (χ0) is 17.1. The van der Waals surface area contributed by atoms with E-state index in [-0.39, 0.29) is 18.4 Å². The fourth-order valence-corrected chi connectivity index (χ4v) is 2.81. The van der Waals surface area contributed by atoms with Gasteiger partial charge in [-0.05, 0) is 30.3 Å². The average Bonchev–Trinajstić information content (AvgIpc) is 2.55. The highest BCUT2D eigenvalue weighted by molar-refractivity contribution is 6.33. The number of halogens is 2. The number of nitrogens with one attached hydrogen (secondary N) is 2. The molecule has 1 aromatic heterocycles. The molecule has 1 aliphatic rings. The van der Waals surface area contributed by atoms with Crippen molar-refractivity contribution >= 4 is 46.4 Å². The summed E-state index contributed by atoms with van der Waals surface area (Å²) in [6.07, 6.45) is 1.40. The highest BCUT2D eigenvalue weighted by Gasteiger charge is 2.19. The lowest BCUT2D eigenvalue weighted by Crippen LogP contribution is -2.47. The van der Waals surface area contributed by atoms with Gasteiger partial charge in [-0.3, -0.25) is 9.59 Å². The number of amides is 2. The number of piperazine rings is 1. The monoisotopic (exact) mass is 364 g/mol. The Morgan fingerprint density at radius 3 is 2.75 bits per heavy atom. The fraction of sp³-hybridized carbons (Fsp3) is 0.188. The predicted octanol–water partition coefficient (Wildman–Crippen LogP) is 2.58. The molecule has 0 bridgehead atoms. The minimum absolute atomic E-state index is 0.0371.